The van der Waals surface area contributed by atoms with E-state index in [0.29, 0.717) is 10.6 Å². The summed E-state index contributed by atoms with van der Waals surface area (Å²) in [6.45, 7) is -1.47. The van der Waals surface area contributed by atoms with Crippen molar-refractivity contribution in [2.24, 2.45) is 0 Å². The fourth-order valence-electron chi connectivity index (χ4n) is 1.42. The quantitative estimate of drug-likeness (QED) is 0.812. The number of carbonyl (C=O) groups excluding carboxylic acids is 1. The van der Waals surface area contributed by atoms with Crippen molar-refractivity contribution in [3.63, 3.8) is 0 Å². The van der Waals surface area contributed by atoms with Crippen LogP contribution in [0.15, 0.2) is 36.4 Å². The Kier molecular flexibility index (Phi) is 4.42. The predicted octanol–water partition coefficient (Wildman–Crippen LogP) is 3.30. The van der Waals surface area contributed by atoms with Gasteiger partial charge in [-0.15, -0.1) is 10.2 Å². The third-order valence-corrected chi connectivity index (χ3v) is 2.61. The zero-order chi connectivity index (χ0) is 15.5. The predicted molar refractivity (Wildman–Crippen MR) is 68.5 cm³/mol. The van der Waals surface area contributed by atoms with Crippen LogP contribution >= 0.6 is 11.6 Å². The van der Waals surface area contributed by atoms with E-state index in [4.69, 9.17) is 11.6 Å². The summed E-state index contributed by atoms with van der Waals surface area (Å²) in [5.74, 6) is -0.721. The first-order chi connectivity index (χ1) is 9.85. The van der Waals surface area contributed by atoms with E-state index < -0.39 is 18.6 Å². The lowest BCUT2D eigenvalue weighted by Crippen LogP contribution is -2.20. The Labute approximate surface area is 122 Å². The molecule has 0 N–H and O–H groups in total. The largest absolute Gasteiger partial charge is 0.467 e. The van der Waals surface area contributed by atoms with Crippen LogP contribution in [0.4, 0.5) is 13.2 Å². The second-order valence-electron chi connectivity index (χ2n) is 4.00. The highest BCUT2D eigenvalue weighted by molar-refractivity contribution is 6.30. The van der Waals surface area contributed by atoms with Crippen molar-refractivity contribution in [1.82, 2.24) is 10.2 Å². The first-order valence-corrected chi connectivity index (χ1v) is 6.06. The molecule has 2 aromatic rings. The Hall–Kier alpha value is -2.15. The SMILES string of the molecule is O=C(c1ccc(Cl)cc1)c1ccc(OCC(F)(F)F)nn1. The summed E-state index contributed by atoms with van der Waals surface area (Å²) >= 11 is 5.71. The Morgan fingerprint density at radius 3 is 2.29 bits per heavy atom. The van der Waals surface area contributed by atoms with Gasteiger partial charge in [-0.1, -0.05) is 11.6 Å². The molecular weight excluding hydrogens is 309 g/mol. The van der Waals surface area contributed by atoms with Crippen LogP contribution in [0.3, 0.4) is 0 Å². The number of alkyl halides is 3. The molecule has 0 aliphatic heterocycles. The average Bonchev–Trinajstić information content (AvgIpc) is 2.45. The molecule has 0 amide bonds. The molecule has 0 spiro atoms. The summed E-state index contributed by atoms with van der Waals surface area (Å²) in [7, 11) is 0. The van der Waals surface area contributed by atoms with Crippen molar-refractivity contribution in [2.75, 3.05) is 6.61 Å². The summed E-state index contributed by atoms with van der Waals surface area (Å²) in [6.07, 6.45) is -4.46. The van der Waals surface area contributed by atoms with Gasteiger partial charge < -0.3 is 4.74 Å². The van der Waals surface area contributed by atoms with E-state index in [-0.39, 0.29) is 11.6 Å². The monoisotopic (exact) mass is 316 g/mol. The van der Waals surface area contributed by atoms with Crippen LogP contribution in [-0.2, 0) is 0 Å². The standard InChI is InChI=1S/C13H8ClF3N2O2/c14-9-3-1-8(2-4-9)12(20)10-5-6-11(19-18-10)21-7-13(15,16)17/h1-6H,7H2. The Morgan fingerprint density at radius 1 is 1.10 bits per heavy atom. The number of benzene rings is 1. The molecule has 21 heavy (non-hydrogen) atoms. The van der Waals surface area contributed by atoms with Gasteiger partial charge in [0.05, 0.1) is 0 Å². The van der Waals surface area contributed by atoms with Gasteiger partial charge in [-0.25, -0.2) is 0 Å². The topological polar surface area (TPSA) is 52.1 Å². The van der Waals surface area contributed by atoms with E-state index in [1.54, 1.807) is 12.1 Å². The summed E-state index contributed by atoms with van der Waals surface area (Å²) < 4.78 is 40.3. The molecule has 0 radical (unpaired) electrons. The van der Waals surface area contributed by atoms with Gasteiger partial charge in [0.15, 0.2) is 6.61 Å². The van der Waals surface area contributed by atoms with Gasteiger partial charge in [-0.2, -0.15) is 13.2 Å². The summed E-state index contributed by atoms with van der Waals surface area (Å²) in [5, 5.41) is 7.46. The first-order valence-electron chi connectivity index (χ1n) is 5.69. The third kappa shape index (κ3) is 4.42. The second-order valence-corrected chi connectivity index (χ2v) is 4.43. The molecule has 0 fully saturated rings. The number of rotatable bonds is 4. The van der Waals surface area contributed by atoms with Crippen molar-refractivity contribution >= 4 is 17.4 Å². The molecule has 0 bridgehead atoms. The van der Waals surface area contributed by atoms with Gasteiger partial charge in [-0.05, 0) is 30.3 Å². The van der Waals surface area contributed by atoms with E-state index >= 15 is 0 Å². The van der Waals surface area contributed by atoms with Crippen LogP contribution in [0.25, 0.3) is 0 Å². The molecule has 0 unspecified atom stereocenters. The van der Waals surface area contributed by atoms with Gasteiger partial charge in [0, 0.05) is 16.7 Å². The maximum atomic E-state index is 12.0. The van der Waals surface area contributed by atoms with Gasteiger partial charge in [-0.3, -0.25) is 4.79 Å². The molecular formula is C13H8ClF3N2O2. The Bertz CT molecular complexity index is 627. The van der Waals surface area contributed by atoms with E-state index in [0.717, 1.165) is 6.07 Å². The van der Waals surface area contributed by atoms with Crippen LogP contribution in [-0.4, -0.2) is 28.8 Å². The molecule has 110 valence electrons. The minimum atomic E-state index is -4.46. The highest BCUT2D eigenvalue weighted by atomic mass is 35.5. The average molecular weight is 317 g/mol. The van der Waals surface area contributed by atoms with E-state index in [1.807, 2.05) is 0 Å². The fraction of sp³-hybridized carbons (Fsp3) is 0.154. The number of hydrogen-bond donors (Lipinski definition) is 0. The maximum Gasteiger partial charge on any atom is 0.422 e. The highest BCUT2D eigenvalue weighted by Gasteiger charge is 2.28. The van der Waals surface area contributed by atoms with Crippen molar-refractivity contribution in [2.45, 2.75) is 6.18 Å². The normalized spacial score (nSPS) is 11.2. The molecule has 1 aromatic carbocycles. The molecule has 1 heterocycles. The van der Waals surface area contributed by atoms with Crippen LogP contribution in [0.1, 0.15) is 16.1 Å². The molecule has 8 heteroatoms. The number of halogens is 4. The Morgan fingerprint density at radius 2 is 1.76 bits per heavy atom. The molecule has 0 atom stereocenters. The van der Waals surface area contributed by atoms with Gasteiger partial charge in [0.1, 0.15) is 5.69 Å². The highest BCUT2D eigenvalue weighted by Crippen LogP contribution is 2.17. The smallest absolute Gasteiger partial charge is 0.422 e. The molecule has 0 saturated carbocycles. The first kappa shape index (κ1) is 15.2. The van der Waals surface area contributed by atoms with Crippen molar-refractivity contribution in [3.8, 4) is 5.88 Å². The van der Waals surface area contributed by atoms with Crippen LogP contribution in [0, 0.1) is 0 Å². The zero-order valence-electron chi connectivity index (χ0n) is 10.4. The summed E-state index contributed by atoms with van der Waals surface area (Å²) in [5.41, 5.74) is 0.342. The zero-order valence-corrected chi connectivity index (χ0v) is 11.1. The van der Waals surface area contributed by atoms with Gasteiger partial charge in [0.25, 0.3) is 0 Å². The Balaban J connectivity index is 2.08. The van der Waals surface area contributed by atoms with Crippen molar-refractivity contribution in [3.05, 3.63) is 52.7 Å². The van der Waals surface area contributed by atoms with Crippen LogP contribution in [0.2, 0.25) is 5.02 Å². The van der Waals surface area contributed by atoms with Crippen LogP contribution in [0.5, 0.6) is 5.88 Å². The van der Waals surface area contributed by atoms with Crippen molar-refractivity contribution in [1.29, 1.82) is 0 Å². The number of aromatic nitrogens is 2. The lowest BCUT2D eigenvalue weighted by atomic mass is 10.1. The molecule has 0 aliphatic rings. The minimum Gasteiger partial charge on any atom is -0.467 e. The fourth-order valence-corrected chi connectivity index (χ4v) is 1.55. The van der Waals surface area contributed by atoms with E-state index in [1.165, 1.54) is 18.2 Å². The van der Waals surface area contributed by atoms with E-state index in [2.05, 4.69) is 14.9 Å². The van der Waals surface area contributed by atoms with Gasteiger partial charge >= 0.3 is 6.18 Å². The maximum absolute atomic E-state index is 12.0. The molecule has 1 aromatic heterocycles. The van der Waals surface area contributed by atoms with Gasteiger partial charge in [0.2, 0.25) is 11.7 Å². The number of hydrogen-bond acceptors (Lipinski definition) is 4. The number of ether oxygens (including phenoxy) is 1. The molecule has 2 rings (SSSR count). The lowest BCUT2D eigenvalue weighted by Gasteiger charge is -2.07. The molecule has 4 nitrogen and oxygen atoms in total. The summed E-state index contributed by atoms with van der Waals surface area (Å²) in [6, 6.07) is 8.52. The molecule has 0 aliphatic carbocycles. The lowest BCUT2D eigenvalue weighted by molar-refractivity contribution is -0.154. The van der Waals surface area contributed by atoms with Crippen molar-refractivity contribution < 1.29 is 22.7 Å². The second kappa shape index (κ2) is 6.09. The number of nitrogens with zero attached hydrogens (tertiary/aromatic N) is 2. The number of ketones is 1. The van der Waals surface area contributed by atoms with E-state index in [9.17, 15) is 18.0 Å². The summed E-state index contributed by atoms with van der Waals surface area (Å²) in [4.78, 5) is 12.0. The molecule has 0 saturated heterocycles. The minimum absolute atomic E-state index is 0.00307. The number of carbonyl (C=O) groups is 1. The van der Waals surface area contributed by atoms with Crippen LogP contribution < -0.4 is 4.74 Å². The third-order valence-electron chi connectivity index (χ3n) is 2.36.